The first-order chi connectivity index (χ1) is 18.9. The Morgan fingerprint density at radius 2 is 1.95 bits per heavy atom. The summed E-state index contributed by atoms with van der Waals surface area (Å²) in [6, 6.07) is 6.19. The topological polar surface area (TPSA) is 33.6 Å². The van der Waals surface area contributed by atoms with Crippen LogP contribution in [-0.2, 0) is 4.74 Å². The van der Waals surface area contributed by atoms with E-state index in [-0.39, 0.29) is 12.0 Å². The Labute approximate surface area is 250 Å². The van der Waals surface area contributed by atoms with Gasteiger partial charge in [0.1, 0.15) is 0 Å². The van der Waals surface area contributed by atoms with E-state index in [9.17, 15) is 0 Å². The Bertz CT molecular complexity index is 1150. The highest BCUT2D eigenvalue weighted by Gasteiger charge is 2.22. The first kappa shape index (κ1) is 34.0. The summed E-state index contributed by atoms with van der Waals surface area (Å²) in [5.41, 5.74) is 10.8. The van der Waals surface area contributed by atoms with Gasteiger partial charge in [-0.1, -0.05) is 74.9 Å². The molecule has 0 fully saturated rings. The van der Waals surface area contributed by atoms with Gasteiger partial charge in [0, 0.05) is 29.3 Å². The van der Waals surface area contributed by atoms with Gasteiger partial charge >= 0.3 is 0 Å². The predicted molar refractivity (Wildman–Crippen MR) is 177 cm³/mol. The second-order valence-corrected chi connectivity index (χ2v) is 12.3. The molecule has 1 aromatic carbocycles. The van der Waals surface area contributed by atoms with Crippen molar-refractivity contribution >= 4 is 17.3 Å². The van der Waals surface area contributed by atoms with Gasteiger partial charge in [-0.2, -0.15) is 0 Å². The molecule has 220 valence electrons. The maximum atomic E-state index is 6.46. The molecule has 0 amide bonds. The van der Waals surface area contributed by atoms with E-state index in [0.29, 0.717) is 5.92 Å². The van der Waals surface area contributed by atoms with Crippen LogP contribution in [0.2, 0.25) is 5.02 Å². The maximum absolute atomic E-state index is 6.46. The molecule has 40 heavy (non-hydrogen) atoms. The van der Waals surface area contributed by atoms with Crippen molar-refractivity contribution in [1.82, 2.24) is 5.32 Å². The summed E-state index contributed by atoms with van der Waals surface area (Å²) in [6.45, 7) is 27.0. The second kappa shape index (κ2) is 16.9. The van der Waals surface area contributed by atoms with E-state index in [2.05, 4.69) is 91.2 Å². The van der Waals surface area contributed by atoms with Crippen LogP contribution in [0.1, 0.15) is 90.7 Å². The number of hydrogen-bond donors (Lipinski definition) is 1. The number of halogens is 1. The molecule has 4 heteroatoms. The number of allylic oxidation sites excluding steroid dienone is 6. The highest BCUT2D eigenvalue weighted by atomic mass is 35.5. The van der Waals surface area contributed by atoms with Crippen LogP contribution in [0.25, 0.3) is 0 Å². The zero-order chi connectivity index (χ0) is 29.8. The van der Waals surface area contributed by atoms with Gasteiger partial charge in [0.05, 0.1) is 12.7 Å². The highest BCUT2D eigenvalue weighted by molar-refractivity contribution is 6.30. The van der Waals surface area contributed by atoms with Gasteiger partial charge in [-0.3, -0.25) is 4.99 Å². The summed E-state index contributed by atoms with van der Waals surface area (Å²) in [5, 5.41) is 4.33. The van der Waals surface area contributed by atoms with Crippen molar-refractivity contribution in [2.75, 3.05) is 26.7 Å². The fourth-order valence-corrected chi connectivity index (χ4v) is 5.40. The van der Waals surface area contributed by atoms with Crippen molar-refractivity contribution in [1.29, 1.82) is 0 Å². The molecule has 0 saturated carbocycles. The minimum Gasteiger partial charge on any atom is -0.378 e. The van der Waals surface area contributed by atoms with E-state index in [1.165, 1.54) is 39.0 Å². The van der Waals surface area contributed by atoms with Crippen molar-refractivity contribution in [3.8, 4) is 0 Å². The third-order valence-electron chi connectivity index (χ3n) is 7.64. The number of ether oxygens (including phenoxy) is 1. The molecule has 0 aromatic heterocycles. The molecule has 0 radical (unpaired) electrons. The van der Waals surface area contributed by atoms with Crippen LogP contribution in [0, 0.1) is 12.8 Å². The van der Waals surface area contributed by atoms with E-state index < -0.39 is 0 Å². The summed E-state index contributed by atoms with van der Waals surface area (Å²) in [5.74, 6) is 0.806. The molecule has 1 heterocycles. The summed E-state index contributed by atoms with van der Waals surface area (Å²) in [6.07, 6.45) is 9.61. The number of nitrogens with zero attached hydrogens (tertiary/aromatic N) is 1. The number of nitrogens with one attached hydrogen (secondary N) is 1. The number of rotatable bonds is 13. The van der Waals surface area contributed by atoms with Gasteiger partial charge in [0.2, 0.25) is 0 Å². The number of benzene rings is 1. The molecule has 2 atom stereocenters. The molecule has 0 spiro atoms. The Morgan fingerprint density at radius 3 is 2.60 bits per heavy atom. The SMILES string of the molecule is C=C(CCNCC(C)C)C/C(C(=C)C)=C(\C(=CC(C)c1cc(Cl)ccc1C)C1=CCCOC(C)CC1)C(C)=NC. The predicted octanol–water partition coefficient (Wildman–Crippen LogP) is 9.74. The van der Waals surface area contributed by atoms with Gasteiger partial charge in [-0.25, -0.2) is 0 Å². The van der Waals surface area contributed by atoms with Crippen LogP contribution in [0.3, 0.4) is 0 Å². The summed E-state index contributed by atoms with van der Waals surface area (Å²) >= 11 is 6.46. The zero-order valence-corrected chi connectivity index (χ0v) is 27.2. The molecule has 3 nitrogen and oxygen atoms in total. The average molecular weight is 565 g/mol. The smallest absolute Gasteiger partial charge is 0.0550 e. The van der Waals surface area contributed by atoms with Crippen LogP contribution >= 0.6 is 11.6 Å². The lowest BCUT2D eigenvalue weighted by molar-refractivity contribution is 0.0616. The van der Waals surface area contributed by atoms with Crippen LogP contribution in [-0.4, -0.2) is 38.6 Å². The lowest BCUT2D eigenvalue weighted by Crippen LogP contribution is -2.21. The van der Waals surface area contributed by atoms with Crippen molar-refractivity contribution < 1.29 is 4.74 Å². The molecular weight excluding hydrogens is 512 g/mol. The molecular formula is C36H53ClN2O. The van der Waals surface area contributed by atoms with Crippen LogP contribution in [0.15, 0.2) is 81.9 Å². The van der Waals surface area contributed by atoms with Gasteiger partial charge in [0.25, 0.3) is 0 Å². The van der Waals surface area contributed by atoms with Gasteiger partial charge in [0.15, 0.2) is 0 Å². The van der Waals surface area contributed by atoms with Crippen molar-refractivity contribution in [3.05, 3.63) is 93.1 Å². The first-order valence-electron chi connectivity index (χ1n) is 14.9. The monoisotopic (exact) mass is 564 g/mol. The fraction of sp³-hybridized carbons (Fsp3) is 0.528. The molecule has 0 bridgehead atoms. The fourth-order valence-electron chi connectivity index (χ4n) is 5.22. The molecule has 1 aromatic rings. The lowest BCUT2D eigenvalue weighted by atomic mass is 9.81. The van der Waals surface area contributed by atoms with Crippen LogP contribution < -0.4 is 5.32 Å². The van der Waals surface area contributed by atoms with E-state index in [1.54, 1.807) is 0 Å². The highest BCUT2D eigenvalue weighted by Crippen LogP contribution is 2.37. The molecule has 1 N–H and O–H groups in total. The maximum Gasteiger partial charge on any atom is 0.0550 e. The van der Waals surface area contributed by atoms with Gasteiger partial charge < -0.3 is 10.1 Å². The van der Waals surface area contributed by atoms with E-state index in [0.717, 1.165) is 68.1 Å². The molecule has 2 rings (SSSR count). The molecule has 1 aliphatic heterocycles. The molecule has 0 saturated heterocycles. The Balaban J connectivity index is 2.68. The number of hydrogen-bond acceptors (Lipinski definition) is 3. The van der Waals surface area contributed by atoms with Crippen molar-refractivity contribution in [3.63, 3.8) is 0 Å². The largest absolute Gasteiger partial charge is 0.378 e. The zero-order valence-electron chi connectivity index (χ0n) is 26.4. The number of aryl methyl sites for hydroxylation is 1. The van der Waals surface area contributed by atoms with Crippen molar-refractivity contribution in [2.45, 2.75) is 92.6 Å². The third-order valence-corrected chi connectivity index (χ3v) is 7.88. The molecule has 2 unspecified atom stereocenters. The normalized spacial score (nSPS) is 18.6. The van der Waals surface area contributed by atoms with E-state index >= 15 is 0 Å². The number of aliphatic imine (C=N–C) groups is 1. The second-order valence-electron chi connectivity index (χ2n) is 11.8. The standard InChI is InChI=1S/C36H53ClN2O/c1-24(2)23-39-18-17-26(5)20-33(25(3)4)36(30(9)38-10)35(31-12-11-19-40-29(8)14-15-31)21-28(7)34-22-32(37)16-13-27(34)6/h12-13,16,21-22,24,28-29,39H,3,5,11,14-15,17-20,23H2,1-2,4,6-10H3/b31-12?,35-21?,36-33+,38-30?. The van der Waals surface area contributed by atoms with E-state index in [1.807, 2.05) is 13.1 Å². The van der Waals surface area contributed by atoms with Crippen molar-refractivity contribution in [2.24, 2.45) is 10.9 Å². The summed E-state index contributed by atoms with van der Waals surface area (Å²) in [7, 11) is 1.89. The summed E-state index contributed by atoms with van der Waals surface area (Å²) in [4.78, 5) is 4.74. The molecule has 1 aliphatic rings. The van der Waals surface area contributed by atoms with Gasteiger partial charge in [-0.15, -0.1) is 0 Å². The minimum absolute atomic E-state index is 0.170. The third kappa shape index (κ3) is 10.7. The Kier molecular flexibility index (Phi) is 14.4. The minimum atomic E-state index is 0.170. The summed E-state index contributed by atoms with van der Waals surface area (Å²) < 4.78 is 5.97. The molecule has 0 aliphatic carbocycles. The first-order valence-corrected chi connectivity index (χ1v) is 15.3. The average Bonchev–Trinajstić information content (AvgIpc) is 2.89. The quantitative estimate of drug-likeness (QED) is 0.112. The van der Waals surface area contributed by atoms with E-state index in [4.69, 9.17) is 21.3 Å². The van der Waals surface area contributed by atoms with Crippen LogP contribution in [0.4, 0.5) is 0 Å². The lowest BCUT2D eigenvalue weighted by Gasteiger charge is -2.26. The van der Waals surface area contributed by atoms with Gasteiger partial charge in [-0.05, 0) is 119 Å². The Morgan fingerprint density at radius 1 is 1.23 bits per heavy atom. The Hall–Kier alpha value is -2.20. The van der Waals surface area contributed by atoms with Crippen LogP contribution in [0.5, 0.6) is 0 Å².